The SMILES string of the molecule is CCOc1ccc(C(C)NC)cc1CN1CCN(C)C1=O. The number of urea groups is 1. The Morgan fingerprint density at radius 1 is 1.38 bits per heavy atom. The van der Waals surface area contributed by atoms with Crippen molar-refractivity contribution in [2.45, 2.75) is 26.4 Å². The number of carbonyl (C=O) groups excluding carboxylic acids is 1. The van der Waals surface area contributed by atoms with Gasteiger partial charge in [-0.15, -0.1) is 0 Å². The van der Waals surface area contributed by atoms with Gasteiger partial charge in [0.1, 0.15) is 5.75 Å². The molecule has 1 atom stereocenters. The van der Waals surface area contributed by atoms with Crippen LogP contribution in [0.3, 0.4) is 0 Å². The van der Waals surface area contributed by atoms with Crippen molar-refractivity contribution in [2.75, 3.05) is 33.8 Å². The predicted octanol–water partition coefficient (Wildman–Crippen LogP) is 2.23. The van der Waals surface area contributed by atoms with E-state index in [0.717, 1.165) is 24.4 Å². The molecule has 1 N–H and O–H groups in total. The maximum atomic E-state index is 12.1. The van der Waals surface area contributed by atoms with Gasteiger partial charge in [-0.2, -0.15) is 0 Å². The average molecular weight is 291 g/mol. The van der Waals surface area contributed by atoms with Crippen LogP contribution in [-0.2, 0) is 6.54 Å². The van der Waals surface area contributed by atoms with E-state index in [1.54, 1.807) is 4.90 Å². The Morgan fingerprint density at radius 3 is 2.71 bits per heavy atom. The number of rotatable bonds is 6. The summed E-state index contributed by atoms with van der Waals surface area (Å²) >= 11 is 0. The molecular weight excluding hydrogens is 266 g/mol. The van der Waals surface area contributed by atoms with Crippen LogP contribution in [0.4, 0.5) is 4.79 Å². The van der Waals surface area contributed by atoms with Crippen LogP contribution in [0.1, 0.15) is 31.0 Å². The summed E-state index contributed by atoms with van der Waals surface area (Å²) in [5, 5.41) is 3.24. The summed E-state index contributed by atoms with van der Waals surface area (Å²) in [5.41, 5.74) is 2.27. The van der Waals surface area contributed by atoms with Crippen molar-refractivity contribution in [1.82, 2.24) is 15.1 Å². The molecule has 1 heterocycles. The van der Waals surface area contributed by atoms with Crippen molar-refractivity contribution in [3.8, 4) is 5.75 Å². The smallest absolute Gasteiger partial charge is 0.320 e. The van der Waals surface area contributed by atoms with Crippen LogP contribution in [0.2, 0.25) is 0 Å². The van der Waals surface area contributed by atoms with Crippen LogP contribution in [0, 0.1) is 0 Å². The van der Waals surface area contributed by atoms with Gasteiger partial charge in [-0.1, -0.05) is 6.07 Å². The molecule has 21 heavy (non-hydrogen) atoms. The fourth-order valence-electron chi connectivity index (χ4n) is 2.51. The van der Waals surface area contributed by atoms with Gasteiger partial charge in [0.05, 0.1) is 13.2 Å². The number of benzene rings is 1. The Hall–Kier alpha value is -1.75. The summed E-state index contributed by atoms with van der Waals surface area (Å²) in [6.45, 7) is 6.88. The molecule has 1 aliphatic heterocycles. The van der Waals surface area contributed by atoms with E-state index in [9.17, 15) is 4.79 Å². The van der Waals surface area contributed by atoms with Crippen molar-refractivity contribution < 1.29 is 9.53 Å². The maximum Gasteiger partial charge on any atom is 0.320 e. The summed E-state index contributed by atoms with van der Waals surface area (Å²) in [7, 11) is 3.78. The van der Waals surface area contributed by atoms with Gasteiger partial charge >= 0.3 is 6.03 Å². The number of hydrogen-bond acceptors (Lipinski definition) is 3. The molecule has 2 amide bonds. The third kappa shape index (κ3) is 3.47. The second-order valence-electron chi connectivity index (χ2n) is 5.44. The zero-order valence-electron chi connectivity index (χ0n) is 13.3. The van der Waals surface area contributed by atoms with Gasteiger partial charge in [-0.05, 0) is 38.6 Å². The topological polar surface area (TPSA) is 44.8 Å². The van der Waals surface area contributed by atoms with Crippen LogP contribution in [0.5, 0.6) is 5.75 Å². The number of amides is 2. The minimum absolute atomic E-state index is 0.0875. The maximum absolute atomic E-state index is 12.1. The fourth-order valence-corrected chi connectivity index (χ4v) is 2.51. The fraction of sp³-hybridized carbons (Fsp3) is 0.562. The molecule has 5 nitrogen and oxygen atoms in total. The molecule has 1 saturated heterocycles. The van der Waals surface area contributed by atoms with E-state index in [0.29, 0.717) is 13.2 Å². The molecular formula is C16H25N3O2. The van der Waals surface area contributed by atoms with Gasteiger partial charge in [-0.25, -0.2) is 4.79 Å². The molecule has 1 unspecified atom stereocenters. The highest BCUT2D eigenvalue weighted by Crippen LogP contribution is 2.26. The van der Waals surface area contributed by atoms with Gasteiger partial charge in [0.25, 0.3) is 0 Å². The summed E-state index contributed by atoms with van der Waals surface area (Å²) in [5.74, 6) is 0.868. The van der Waals surface area contributed by atoms with Gasteiger partial charge in [0, 0.05) is 31.7 Å². The lowest BCUT2D eigenvalue weighted by molar-refractivity contribution is 0.196. The van der Waals surface area contributed by atoms with E-state index in [1.807, 2.05) is 32.0 Å². The first-order chi connectivity index (χ1) is 10.1. The quantitative estimate of drug-likeness (QED) is 0.874. The molecule has 1 aromatic rings. The Bertz CT molecular complexity index is 504. The number of carbonyl (C=O) groups is 1. The highest BCUT2D eigenvalue weighted by Gasteiger charge is 2.26. The molecule has 2 rings (SSSR count). The molecule has 1 fully saturated rings. The number of ether oxygens (including phenoxy) is 1. The third-order valence-corrected chi connectivity index (χ3v) is 3.98. The standard InChI is InChI=1S/C16H25N3O2/c1-5-21-15-7-6-13(12(2)17-3)10-14(15)11-19-9-8-18(4)16(19)20/h6-7,10,12,17H,5,8-9,11H2,1-4H3. The van der Waals surface area contributed by atoms with Crippen molar-refractivity contribution >= 4 is 6.03 Å². The van der Waals surface area contributed by atoms with Crippen molar-refractivity contribution in [3.63, 3.8) is 0 Å². The zero-order chi connectivity index (χ0) is 15.4. The van der Waals surface area contributed by atoms with Crippen LogP contribution < -0.4 is 10.1 Å². The van der Waals surface area contributed by atoms with Crippen LogP contribution in [-0.4, -0.2) is 49.6 Å². The number of likely N-dealkylation sites (N-methyl/N-ethyl adjacent to an activating group) is 1. The zero-order valence-corrected chi connectivity index (χ0v) is 13.3. The van der Waals surface area contributed by atoms with Crippen LogP contribution in [0.15, 0.2) is 18.2 Å². The molecule has 0 spiro atoms. The molecule has 1 aromatic carbocycles. The minimum Gasteiger partial charge on any atom is -0.494 e. The summed E-state index contributed by atoms with van der Waals surface area (Å²) in [6.07, 6.45) is 0. The summed E-state index contributed by atoms with van der Waals surface area (Å²) in [6, 6.07) is 6.58. The van der Waals surface area contributed by atoms with E-state index in [-0.39, 0.29) is 12.1 Å². The van der Waals surface area contributed by atoms with E-state index < -0.39 is 0 Å². The van der Waals surface area contributed by atoms with Crippen molar-refractivity contribution in [3.05, 3.63) is 29.3 Å². The molecule has 1 aliphatic rings. The second-order valence-corrected chi connectivity index (χ2v) is 5.44. The van der Waals surface area contributed by atoms with E-state index >= 15 is 0 Å². The lowest BCUT2D eigenvalue weighted by atomic mass is 10.0. The van der Waals surface area contributed by atoms with E-state index in [1.165, 1.54) is 5.56 Å². The Labute approximate surface area is 126 Å². The van der Waals surface area contributed by atoms with Gasteiger partial charge < -0.3 is 19.9 Å². The molecule has 116 valence electrons. The highest BCUT2D eigenvalue weighted by molar-refractivity contribution is 5.76. The summed E-state index contributed by atoms with van der Waals surface area (Å²) in [4.78, 5) is 15.7. The number of nitrogens with one attached hydrogen (secondary N) is 1. The largest absolute Gasteiger partial charge is 0.494 e. The molecule has 0 saturated carbocycles. The Balaban J connectivity index is 2.24. The van der Waals surface area contributed by atoms with Gasteiger partial charge in [-0.3, -0.25) is 0 Å². The van der Waals surface area contributed by atoms with Crippen LogP contribution >= 0.6 is 0 Å². The predicted molar refractivity (Wildman–Crippen MR) is 83.5 cm³/mol. The molecule has 0 bridgehead atoms. The lowest BCUT2D eigenvalue weighted by Gasteiger charge is -2.20. The second kappa shape index (κ2) is 6.80. The van der Waals surface area contributed by atoms with Gasteiger partial charge in [0.2, 0.25) is 0 Å². The first-order valence-corrected chi connectivity index (χ1v) is 7.49. The molecule has 0 aromatic heterocycles. The molecule has 5 heteroatoms. The third-order valence-electron chi connectivity index (χ3n) is 3.98. The first-order valence-electron chi connectivity index (χ1n) is 7.49. The molecule has 0 radical (unpaired) electrons. The average Bonchev–Trinajstić information content (AvgIpc) is 2.80. The van der Waals surface area contributed by atoms with E-state index in [4.69, 9.17) is 4.74 Å². The highest BCUT2D eigenvalue weighted by atomic mass is 16.5. The van der Waals surface area contributed by atoms with E-state index in [2.05, 4.69) is 24.4 Å². The monoisotopic (exact) mass is 291 g/mol. The number of nitrogens with zero attached hydrogens (tertiary/aromatic N) is 2. The lowest BCUT2D eigenvalue weighted by Crippen LogP contribution is -2.29. The molecule has 0 aliphatic carbocycles. The van der Waals surface area contributed by atoms with Crippen molar-refractivity contribution in [2.24, 2.45) is 0 Å². The van der Waals surface area contributed by atoms with Crippen molar-refractivity contribution in [1.29, 1.82) is 0 Å². The first kappa shape index (κ1) is 15.6. The minimum atomic E-state index is 0.0875. The Kier molecular flexibility index (Phi) is 5.07. The number of hydrogen-bond donors (Lipinski definition) is 1. The van der Waals surface area contributed by atoms with Gasteiger partial charge in [0.15, 0.2) is 0 Å². The summed E-state index contributed by atoms with van der Waals surface area (Å²) < 4.78 is 5.71. The normalized spacial score (nSPS) is 16.5. The Morgan fingerprint density at radius 2 is 2.14 bits per heavy atom. The van der Waals surface area contributed by atoms with Crippen LogP contribution in [0.25, 0.3) is 0 Å².